The van der Waals surface area contributed by atoms with Crippen molar-refractivity contribution in [3.63, 3.8) is 0 Å². The van der Waals surface area contributed by atoms with E-state index in [2.05, 4.69) is 12.2 Å². The fourth-order valence-electron chi connectivity index (χ4n) is 2.53. The first kappa shape index (κ1) is 16.7. The summed E-state index contributed by atoms with van der Waals surface area (Å²) in [5, 5.41) is 3.42. The number of nitrogens with one attached hydrogen (secondary N) is 1. The first-order chi connectivity index (χ1) is 10.2. The maximum Gasteiger partial charge on any atom is 0.230 e. The second-order valence-electron chi connectivity index (χ2n) is 5.26. The molecule has 118 valence electrons. The van der Waals surface area contributed by atoms with Crippen LogP contribution in [0.3, 0.4) is 0 Å². The minimum atomic E-state index is -0.0769. The average molecular weight is 331 g/mol. The van der Waals surface area contributed by atoms with Crippen LogP contribution in [0.4, 0.5) is 0 Å². The Balaban J connectivity index is 1.98. The quantitative estimate of drug-likeness (QED) is 0.836. The van der Waals surface area contributed by atoms with E-state index in [1.807, 2.05) is 24.0 Å². The average Bonchev–Trinajstić information content (AvgIpc) is 3.10. The van der Waals surface area contributed by atoms with E-state index in [0.717, 1.165) is 22.2 Å². The molecule has 2 unspecified atom stereocenters. The van der Waals surface area contributed by atoms with Gasteiger partial charge in [0.05, 0.1) is 30.0 Å². The summed E-state index contributed by atoms with van der Waals surface area (Å²) in [6, 6.07) is 4.00. The predicted molar refractivity (Wildman–Crippen MR) is 86.8 cm³/mol. The fraction of sp³-hybridized carbons (Fsp3) is 0.667. The lowest BCUT2D eigenvalue weighted by molar-refractivity contribution is -0.136. The molecule has 6 heteroatoms. The Morgan fingerprint density at radius 3 is 2.90 bits per heavy atom. The Hall–Kier alpha value is -0.620. The molecular weight excluding hydrogens is 308 g/mol. The van der Waals surface area contributed by atoms with Gasteiger partial charge >= 0.3 is 0 Å². The highest BCUT2D eigenvalue weighted by Crippen LogP contribution is 2.24. The molecule has 1 saturated heterocycles. The van der Waals surface area contributed by atoms with Crippen LogP contribution in [0.25, 0.3) is 0 Å². The van der Waals surface area contributed by atoms with E-state index >= 15 is 0 Å². The van der Waals surface area contributed by atoms with Crippen molar-refractivity contribution in [3.05, 3.63) is 21.3 Å². The molecule has 2 heterocycles. The minimum Gasteiger partial charge on any atom is -0.379 e. The molecule has 0 bridgehead atoms. The van der Waals surface area contributed by atoms with E-state index < -0.39 is 0 Å². The first-order valence-corrected chi connectivity index (χ1v) is 8.69. The molecule has 1 aliphatic rings. The summed E-state index contributed by atoms with van der Waals surface area (Å²) in [6.45, 7) is 7.52. The smallest absolute Gasteiger partial charge is 0.230 e. The molecule has 0 aromatic carbocycles. The zero-order valence-electron chi connectivity index (χ0n) is 12.6. The van der Waals surface area contributed by atoms with Crippen LogP contribution in [-0.2, 0) is 16.1 Å². The van der Waals surface area contributed by atoms with Gasteiger partial charge in [0.25, 0.3) is 0 Å². The van der Waals surface area contributed by atoms with Gasteiger partial charge in [-0.25, -0.2) is 0 Å². The first-order valence-electron chi connectivity index (χ1n) is 7.49. The molecule has 1 aromatic heterocycles. The van der Waals surface area contributed by atoms with Gasteiger partial charge in [-0.2, -0.15) is 0 Å². The zero-order valence-corrected chi connectivity index (χ0v) is 14.2. The number of halogens is 1. The van der Waals surface area contributed by atoms with Gasteiger partial charge in [-0.1, -0.05) is 18.5 Å². The molecule has 1 aromatic rings. The lowest BCUT2D eigenvalue weighted by atomic mass is 10.0. The lowest BCUT2D eigenvalue weighted by Gasteiger charge is -2.26. The summed E-state index contributed by atoms with van der Waals surface area (Å²) in [6.07, 6.45) is 1.06. The van der Waals surface area contributed by atoms with Crippen molar-refractivity contribution < 1.29 is 9.53 Å². The van der Waals surface area contributed by atoms with Gasteiger partial charge in [0.15, 0.2) is 0 Å². The molecule has 2 atom stereocenters. The van der Waals surface area contributed by atoms with Crippen molar-refractivity contribution in [2.75, 3.05) is 26.3 Å². The Kier molecular flexibility index (Phi) is 6.48. The second kappa shape index (κ2) is 8.13. The van der Waals surface area contributed by atoms with E-state index in [4.69, 9.17) is 16.3 Å². The van der Waals surface area contributed by atoms with Gasteiger partial charge in [0, 0.05) is 17.5 Å². The van der Waals surface area contributed by atoms with Crippen molar-refractivity contribution in [2.45, 2.75) is 32.9 Å². The maximum absolute atomic E-state index is 12.7. The highest BCUT2D eigenvalue weighted by molar-refractivity contribution is 7.16. The zero-order chi connectivity index (χ0) is 15.2. The van der Waals surface area contributed by atoms with Gasteiger partial charge < -0.3 is 15.0 Å². The summed E-state index contributed by atoms with van der Waals surface area (Å²) in [5.41, 5.74) is 0. The van der Waals surface area contributed by atoms with E-state index in [1.165, 1.54) is 11.3 Å². The number of nitrogens with zero attached hydrogens (tertiary/aromatic N) is 1. The Labute approximate surface area is 135 Å². The summed E-state index contributed by atoms with van der Waals surface area (Å²) < 4.78 is 6.27. The third kappa shape index (κ3) is 4.42. The van der Waals surface area contributed by atoms with Gasteiger partial charge in [-0.15, -0.1) is 11.3 Å². The van der Waals surface area contributed by atoms with Crippen LogP contribution in [0.1, 0.15) is 25.1 Å². The van der Waals surface area contributed by atoms with Crippen LogP contribution in [0.15, 0.2) is 12.1 Å². The molecule has 1 N–H and O–H groups in total. The van der Waals surface area contributed by atoms with E-state index in [1.54, 1.807) is 0 Å². The van der Waals surface area contributed by atoms with Crippen molar-refractivity contribution in [2.24, 2.45) is 5.92 Å². The Morgan fingerprint density at radius 2 is 2.29 bits per heavy atom. The number of carbonyl (C=O) groups is 1. The van der Waals surface area contributed by atoms with Crippen LogP contribution in [0, 0.1) is 5.92 Å². The van der Waals surface area contributed by atoms with Crippen LogP contribution >= 0.6 is 22.9 Å². The highest BCUT2D eigenvalue weighted by Gasteiger charge is 2.35. The third-order valence-electron chi connectivity index (χ3n) is 3.72. The van der Waals surface area contributed by atoms with Crippen molar-refractivity contribution in [1.29, 1.82) is 0 Å². The van der Waals surface area contributed by atoms with Crippen LogP contribution in [-0.4, -0.2) is 43.2 Å². The molecule has 1 fully saturated rings. The molecule has 1 amide bonds. The highest BCUT2D eigenvalue weighted by atomic mass is 35.5. The van der Waals surface area contributed by atoms with Gasteiger partial charge in [0.1, 0.15) is 0 Å². The number of hydrogen-bond acceptors (Lipinski definition) is 4. The minimum absolute atomic E-state index is 0.0769. The number of thiophene rings is 1. The topological polar surface area (TPSA) is 41.6 Å². The van der Waals surface area contributed by atoms with Crippen LogP contribution < -0.4 is 5.32 Å². The van der Waals surface area contributed by atoms with E-state index in [0.29, 0.717) is 26.3 Å². The van der Waals surface area contributed by atoms with Crippen molar-refractivity contribution in [3.8, 4) is 0 Å². The molecule has 2 rings (SSSR count). The number of rotatable bonds is 7. The molecule has 0 radical (unpaired) electrons. The van der Waals surface area contributed by atoms with Gasteiger partial charge in [-0.05, 0) is 32.0 Å². The summed E-state index contributed by atoms with van der Waals surface area (Å²) in [4.78, 5) is 15.7. The second-order valence-corrected chi connectivity index (χ2v) is 7.06. The molecule has 0 aliphatic carbocycles. The summed E-state index contributed by atoms with van der Waals surface area (Å²) in [7, 11) is 0. The predicted octanol–water partition coefficient (Wildman–Crippen LogP) is 2.76. The standard InChI is InChI=1S/C15H23ClN2O2S/c1-3-7-17-13-10-20-9-12(13)15(19)18(4-2)8-11-5-6-14(16)21-11/h5-6,12-13,17H,3-4,7-10H2,1-2H3. The van der Waals surface area contributed by atoms with Crippen molar-refractivity contribution >= 4 is 28.8 Å². The summed E-state index contributed by atoms with van der Waals surface area (Å²) >= 11 is 7.49. The van der Waals surface area contributed by atoms with Crippen molar-refractivity contribution in [1.82, 2.24) is 10.2 Å². The fourth-order valence-corrected chi connectivity index (χ4v) is 3.64. The number of amides is 1. The summed E-state index contributed by atoms with van der Waals surface area (Å²) in [5.74, 6) is 0.0973. The van der Waals surface area contributed by atoms with E-state index in [-0.39, 0.29) is 17.9 Å². The van der Waals surface area contributed by atoms with Gasteiger partial charge in [-0.3, -0.25) is 4.79 Å². The van der Waals surface area contributed by atoms with E-state index in [9.17, 15) is 4.79 Å². The number of hydrogen-bond donors (Lipinski definition) is 1. The molecular formula is C15H23ClN2O2S. The molecule has 4 nitrogen and oxygen atoms in total. The lowest BCUT2D eigenvalue weighted by Crippen LogP contribution is -2.45. The van der Waals surface area contributed by atoms with Crippen LogP contribution in [0.5, 0.6) is 0 Å². The SMILES string of the molecule is CCCNC1COCC1C(=O)N(CC)Cc1ccc(Cl)s1. The monoisotopic (exact) mass is 330 g/mol. The van der Waals surface area contributed by atoms with Crippen LogP contribution in [0.2, 0.25) is 4.34 Å². The molecule has 1 aliphatic heterocycles. The number of ether oxygens (including phenoxy) is 1. The molecule has 0 spiro atoms. The largest absolute Gasteiger partial charge is 0.379 e. The number of carbonyl (C=O) groups excluding carboxylic acids is 1. The third-order valence-corrected chi connectivity index (χ3v) is 4.94. The Morgan fingerprint density at radius 1 is 1.48 bits per heavy atom. The molecule has 0 saturated carbocycles. The van der Waals surface area contributed by atoms with Gasteiger partial charge in [0.2, 0.25) is 5.91 Å². The maximum atomic E-state index is 12.7. The Bertz CT molecular complexity index is 466. The normalized spacial score (nSPS) is 21.7. The molecule has 21 heavy (non-hydrogen) atoms.